The Morgan fingerprint density at radius 1 is 1.48 bits per heavy atom. The van der Waals surface area contributed by atoms with Crippen molar-refractivity contribution in [3.05, 3.63) is 33.9 Å². The second kappa shape index (κ2) is 5.78. The van der Waals surface area contributed by atoms with E-state index in [1.165, 1.54) is 25.3 Å². The number of methoxy groups -OCH3 is 1. The van der Waals surface area contributed by atoms with E-state index in [1.54, 1.807) is 0 Å². The van der Waals surface area contributed by atoms with E-state index in [1.807, 2.05) is 0 Å². The predicted octanol–water partition coefficient (Wildman–Crippen LogP) is 1.29. The van der Waals surface area contributed by atoms with Crippen LogP contribution in [-0.2, 0) is 4.79 Å². The van der Waals surface area contributed by atoms with Crippen LogP contribution in [0.1, 0.15) is 23.2 Å². The fourth-order valence-corrected chi connectivity index (χ4v) is 2.47. The highest BCUT2D eigenvalue weighted by atomic mass is 16.6. The highest BCUT2D eigenvalue weighted by molar-refractivity contribution is 6.02. The van der Waals surface area contributed by atoms with Crippen molar-refractivity contribution in [2.45, 2.75) is 18.9 Å². The molecule has 8 nitrogen and oxygen atoms in total. The van der Waals surface area contributed by atoms with Gasteiger partial charge in [0.15, 0.2) is 5.56 Å². The van der Waals surface area contributed by atoms with Crippen LogP contribution >= 0.6 is 0 Å². The van der Waals surface area contributed by atoms with Gasteiger partial charge >= 0.3 is 5.97 Å². The molecule has 1 aromatic rings. The number of rotatable bonds is 4. The molecule has 1 unspecified atom stereocenters. The van der Waals surface area contributed by atoms with Gasteiger partial charge in [-0.2, -0.15) is 0 Å². The number of aliphatic carboxylic acids is 1. The van der Waals surface area contributed by atoms with Gasteiger partial charge in [-0.05, 0) is 18.9 Å². The summed E-state index contributed by atoms with van der Waals surface area (Å²) in [7, 11) is 1.30. The Bertz CT molecular complexity index is 600. The molecule has 1 amide bonds. The lowest BCUT2D eigenvalue weighted by atomic mass is 10.1. The van der Waals surface area contributed by atoms with Crippen LogP contribution in [0.25, 0.3) is 0 Å². The van der Waals surface area contributed by atoms with Crippen molar-refractivity contribution in [3.63, 3.8) is 0 Å². The Balaban J connectivity index is 2.47. The molecule has 8 heteroatoms. The number of carboxylic acid groups (broad SMARTS) is 1. The molecule has 2 rings (SSSR count). The number of ether oxygens (including phenoxy) is 1. The van der Waals surface area contributed by atoms with Crippen molar-refractivity contribution >= 4 is 17.6 Å². The van der Waals surface area contributed by atoms with E-state index in [2.05, 4.69) is 0 Å². The first-order chi connectivity index (χ1) is 9.97. The summed E-state index contributed by atoms with van der Waals surface area (Å²) in [5, 5.41) is 20.2. The molecule has 1 saturated heterocycles. The van der Waals surface area contributed by atoms with Crippen LogP contribution in [0.3, 0.4) is 0 Å². The molecule has 0 spiro atoms. The van der Waals surface area contributed by atoms with Crippen molar-refractivity contribution in [1.29, 1.82) is 0 Å². The van der Waals surface area contributed by atoms with E-state index < -0.39 is 28.5 Å². The number of amides is 1. The number of hydrogen-bond donors (Lipinski definition) is 1. The zero-order valence-corrected chi connectivity index (χ0v) is 11.3. The fraction of sp³-hybridized carbons (Fsp3) is 0.385. The average Bonchev–Trinajstić information content (AvgIpc) is 2.95. The first-order valence-corrected chi connectivity index (χ1v) is 6.32. The molecule has 112 valence electrons. The molecule has 21 heavy (non-hydrogen) atoms. The van der Waals surface area contributed by atoms with Crippen molar-refractivity contribution in [3.8, 4) is 5.75 Å². The van der Waals surface area contributed by atoms with E-state index in [9.17, 15) is 19.7 Å². The van der Waals surface area contributed by atoms with E-state index in [0.717, 1.165) is 4.90 Å². The molecule has 0 bridgehead atoms. The van der Waals surface area contributed by atoms with Gasteiger partial charge in [0.1, 0.15) is 11.8 Å². The van der Waals surface area contributed by atoms with Gasteiger partial charge in [-0.25, -0.2) is 4.79 Å². The molecule has 1 fully saturated rings. The summed E-state index contributed by atoms with van der Waals surface area (Å²) in [5.41, 5.74) is -0.603. The van der Waals surface area contributed by atoms with Crippen molar-refractivity contribution in [2.24, 2.45) is 0 Å². The molecule has 1 aliphatic rings. The smallest absolute Gasteiger partial charge is 0.326 e. The van der Waals surface area contributed by atoms with Crippen LogP contribution in [0, 0.1) is 10.1 Å². The summed E-state index contributed by atoms with van der Waals surface area (Å²) in [6.07, 6.45) is 0.885. The maximum Gasteiger partial charge on any atom is 0.326 e. The lowest BCUT2D eigenvalue weighted by Gasteiger charge is -2.22. The molecular formula is C13H14N2O6. The Morgan fingerprint density at radius 2 is 2.19 bits per heavy atom. The normalized spacial score (nSPS) is 17.6. The van der Waals surface area contributed by atoms with E-state index in [0.29, 0.717) is 12.8 Å². The second-order valence-corrected chi connectivity index (χ2v) is 4.61. The molecule has 1 atom stereocenters. The van der Waals surface area contributed by atoms with Crippen LogP contribution in [0.5, 0.6) is 5.75 Å². The van der Waals surface area contributed by atoms with Gasteiger partial charge in [0.25, 0.3) is 11.6 Å². The number of likely N-dealkylation sites (tertiary alicyclic amines) is 1. The van der Waals surface area contributed by atoms with Gasteiger partial charge in [0.05, 0.1) is 12.0 Å². The minimum Gasteiger partial charge on any atom is -0.496 e. The largest absolute Gasteiger partial charge is 0.496 e. The summed E-state index contributed by atoms with van der Waals surface area (Å²) >= 11 is 0. The van der Waals surface area contributed by atoms with Crippen LogP contribution < -0.4 is 4.74 Å². The molecule has 0 saturated carbocycles. The third-order valence-electron chi connectivity index (χ3n) is 3.43. The van der Waals surface area contributed by atoms with Gasteiger partial charge in [-0.3, -0.25) is 14.9 Å². The Morgan fingerprint density at radius 3 is 2.76 bits per heavy atom. The molecule has 1 heterocycles. The Labute approximate surface area is 120 Å². The van der Waals surface area contributed by atoms with E-state index in [-0.39, 0.29) is 17.9 Å². The monoisotopic (exact) mass is 294 g/mol. The predicted molar refractivity (Wildman–Crippen MR) is 71.3 cm³/mol. The van der Waals surface area contributed by atoms with Gasteiger partial charge in [0.2, 0.25) is 0 Å². The van der Waals surface area contributed by atoms with Gasteiger partial charge in [-0.1, -0.05) is 6.07 Å². The van der Waals surface area contributed by atoms with Crippen molar-refractivity contribution in [2.75, 3.05) is 13.7 Å². The van der Waals surface area contributed by atoms with Gasteiger partial charge in [-0.15, -0.1) is 0 Å². The van der Waals surface area contributed by atoms with Crippen molar-refractivity contribution in [1.82, 2.24) is 4.90 Å². The first kappa shape index (κ1) is 14.8. The summed E-state index contributed by atoms with van der Waals surface area (Å²) in [5.74, 6) is -1.74. The zero-order valence-electron chi connectivity index (χ0n) is 11.3. The summed E-state index contributed by atoms with van der Waals surface area (Å²) in [4.78, 5) is 35.3. The third-order valence-corrected chi connectivity index (χ3v) is 3.43. The van der Waals surface area contributed by atoms with E-state index >= 15 is 0 Å². The number of nitro benzene ring substituents is 1. The van der Waals surface area contributed by atoms with Gasteiger partial charge < -0.3 is 14.7 Å². The zero-order chi connectivity index (χ0) is 15.6. The number of nitrogens with zero attached hydrogens (tertiary/aromatic N) is 2. The van der Waals surface area contributed by atoms with Crippen LogP contribution in [0.2, 0.25) is 0 Å². The third kappa shape index (κ3) is 2.64. The SMILES string of the molecule is COc1cccc([N+](=O)[O-])c1C(=O)N1CCCC1C(=O)O. The minimum absolute atomic E-state index is 0.0604. The lowest BCUT2D eigenvalue weighted by Crippen LogP contribution is -2.40. The lowest BCUT2D eigenvalue weighted by molar-refractivity contribution is -0.385. The second-order valence-electron chi connectivity index (χ2n) is 4.61. The average molecular weight is 294 g/mol. The first-order valence-electron chi connectivity index (χ1n) is 6.32. The summed E-state index contributed by atoms with van der Waals surface area (Å²) in [6.45, 7) is 0.255. The molecule has 0 aliphatic carbocycles. The molecular weight excluding hydrogens is 280 g/mol. The summed E-state index contributed by atoms with van der Waals surface area (Å²) in [6, 6.07) is 3.09. The maximum absolute atomic E-state index is 12.5. The summed E-state index contributed by atoms with van der Waals surface area (Å²) < 4.78 is 5.01. The number of carbonyl (C=O) groups excluding carboxylic acids is 1. The van der Waals surface area contributed by atoms with Gasteiger partial charge in [0, 0.05) is 12.6 Å². The number of benzene rings is 1. The van der Waals surface area contributed by atoms with Crippen molar-refractivity contribution < 1.29 is 24.4 Å². The quantitative estimate of drug-likeness (QED) is 0.662. The van der Waals surface area contributed by atoms with Crippen LogP contribution in [0.4, 0.5) is 5.69 Å². The standard InChI is InChI=1S/C13H14N2O6/c1-21-10-6-2-4-8(15(19)20)11(10)12(16)14-7-3-5-9(14)13(17)18/h2,4,6,9H,3,5,7H2,1H3,(H,17,18). The maximum atomic E-state index is 12.5. The Kier molecular flexibility index (Phi) is 4.06. The number of carboxylic acids is 1. The fourth-order valence-electron chi connectivity index (χ4n) is 2.47. The minimum atomic E-state index is -1.11. The molecule has 1 N–H and O–H groups in total. The molecule has 0 radical (unpaired) electrons. The van der Waals surface area contributed by atoms with E-state index in [4.69, 9.17) is 9.84 Å². The molecule has 0 aromatic heterocycles. The molecule has 1 aromatic carbocycles. The highest BCUT2D eigenvalue weighted by Gasteiger charge is 2.38. The Hall–Kier alpha value is -2.64. The number of nitro groups is 1. The molecule has 1 aliphatic heterocycles. The highest BCUT2D eigenvalue weighted by Crippen LogP contribution is 2.31. The topological polar surface area (TPSA) is 110 Å². The number of hydrogen-bond acceptors (Lipinski definition) is 5. The van der Waals surface area contributed by atoms with Crippen LogP contribution in [-0.4, -0.2) is 46.5 Å². The number of carbonyl (C=O) groups is 2. The van der Waals surface area contributed by atoms with Crippen LogP contribution in [0.15, 0.2) is 18.2 Å².